The molecule has 0 aliphatic carbocycles. The fourth-order valence-corrected chi connectivity index (χ4v) is 4.07. The first-order valence-corrected chi connectivity index (χ1v) is 8.69. The van der Waals surface area contributed by atoms with Crippen LogP contribution in [0.25, 0.3) is 0 Å². The van der Waals surface area contributed by atoms with E-state index in [0.717, 1.165) is 5.01 Å². The number of aromatic nitrogens is 3. The molecule has 0 unspecified atom stereocenters. The van der Waals surface area contributed by atoms with Gasteiger partial charge in [-0.15, -0.1) is 11.3 Å². The Labute approximate surface area is 117 Å². The van der Waals surface area contributed by atoms with Crippen LogP contribution in [0.2, 0.25) is 0 Å². The van der Waals surface area contributed by atoms with Gasteiger partial charge in [0.1, 0.15) is 0 Å². The number of rotatable bonds is 5. The maximum Gasteiger partial charge on any atom is 0.161 e. The van der Waals surface area contributed by atoms with Gasteiger partial charge >= 0.3 is 0 Å². The summed E-state index contributed by atoms with van der Waals surface area (Å²) in [7, 11) is -1.47. The number of hydrogen-bond acceptors (Lipinski definition) is 5. The minimum Gasteiger partial charge on any atom is -0.272 e. The highest BCUT2D eigenvalue weighted by Crippen LogP contribution is 2.21. The van der Waals surface area contributed by atoms with Crippen molar-refractivity contribution in [2.75, 3.05) is 0 Å². The highest BCUT2D eigenvalue weighted by molar-refractivity contribution is 7.89. The first kappa shape index (κ1) is 14.2. The van der Waals surface area contributed by atoms with E-state index in [1.165, 1.54) is 11.3 Å². The van der Waals surface area contributed by atoms with Gasteiger partial charge in [-0.2, -0.15) is 5.10 Å². The minimum atomic E-state index is -3.21. The number of nitrogens with zero attached hydrogens (tertiary/aromatic N) is 3. The largest absolute Gasteiger partial charge is 0.272 e. The standard InChI is InChI=1S/C12H17N3O2S2/c1-9(2)12-14-10(6-18-12)7-19(16,17)8-11-4-5-13-15(11)3/h4-6,9H,7-8H2,1-3H3. The normalized spacial score (nSPS) is 12.2. The van der Waals surface area contributed by atoms with Crippen LogP contribution in [0, 0.1) is 0 Å². The first-order chi connectivity index (χ1) is 8.87. The van der Waals surface area contributed by atoms with Gasteiger partial charge in [0.15, 0.2) is 9.84 Å². The lowest BCUT2D eigenvalue weighted by molar-refractivity contribution is 0.590. The summed E-state index contributed by atoms with van der Waals surface area (Å²) in [5.41, 5.74) is 1.33. The van der Waals surface area contributed by atoms with Crippen LogP contribution < -0.4 is 0 Å². The molecule has 2 rings (SSSR count). The smallest absolute Gasteiger partial charge is 0.161 e. The quantitative estimate of drug-likeness (QED) is 0.848. The van der Waals surface area contributed by atoms with Gasteiger partial charge in [-0.25, -0.2) is 13.4 Å². The van der Waals surface area contributed by atoms with Crippen molar-refractivity contribution in [2.45, 2.75) is 31.3 Å². The van der Waals surface area contributed by atoms with Crippen molar-refractivity contribution < 1.29 is 8.42 Å². The van der Waals surface area contributed by atoms with E-state index in [2.05, 4.69) is 10.1 Å². The van der Waals surface area contributed by atoms with Gasteiger partial charge in [0, 0.05) is 24.5 Å². The third kappa shape index (κ3) is 3.63. The van der Waals surface area contributed by atoms with Gasteiger partial charge in [0.2, 0.25) is 0 Å². The van der Waals surface area contributed by atoms with Crippen molar-refractivity contribution in [3.05, 3.63) is 34.0 Å². The van der Waals surface area contributed by atoms with Crippen LogP contribution in [-0.2, 0) is 28.4 Å². The molecule has 0 bridgehead atoms. The summed E-state index contributed by atoms with van der Waals surface area (Å²) < 4.78 is 25.8. The Hall–Kier alpha value is -1.21. The van der Waals surface area contributed by atoms with E-state index in [1.54, 1.807) is 24.0 Å². The Balaban J connectivity index is 2.10. The predicted octanol–water partition coefficient (Wildman–Crippen LogP) is 2.12. The van der Waals surface area contributed by atoms with Crippen LogP contribution in [-0.4, -0.2) is 23.2 Å². The molecule has 7 heteroatoms. The zero-order chi connectivity index (χ0) is 14.0. The molecule has 2 aromatic rings. The van der Waals surface area contributed by atoms with E-state index < -0.39 is 9.84 Å². The molecule has 5 nitrogen and oxygen atoms in total. The molecular weight excluding hydrogens is 282 g/mol. The number of hydrogen-bond donors (Lipinski definition) is 0. The lowest BCUT2D eigenvalue weighted by atomic mass is 10.2. The topological polar surface area (TPSA) is 64.8 Å². The monoisotopic (exact) mass is 299 g/mol. The third-order valence-corrected chi connectivity index (χ3v) is 5.39. The van der Waals surface area contributed by atoms with Crippen LogP contribution in [0.3, 0.4) is 0 Å². The molecule has 0 N–H and O–H groups in total. The summed E-state index contributed by atoms with van der Waals surface area (Å²) in [6.07, 6.45) is 1.60. The van der Waals surface area contributed by atoms with Crippen molar-refractivity contribution in [1.82, 2.24) is 14.8 Å². The van der Waals surface area contributed by atoms with Gasteiger partial charge in [-0.05, 0) is 6.07 Å². The number of thiazole rings is 1. The van der Waals surface area contributed by atoms with Gasteiger partial charge < -0.3 is 0 Å². The van der Waals surface area contributed by atoms with Crippen LogP contribution >= 0.6 is 11.3 Å². The van der Waals surface area contributed by atoms with Crippen LogP contribution in [0.15, 0.2) is 17.6 Å². The third-order valence-electron chi connectivity index (χ3n) is 2.72. The van der Waals surface area contributed by atoms with Gasteiger partial charge in [-0.1, -0.05) is 13.8 Å². The second kappa shape index (κ2) is 5.42. The fourth-order valence-electron chi connectivity index (χ4n) is 1.70. The molecule has 0 aromatic carbocycles. The van der Waals surface area contributed by atoms with E-state index in [-0.39, 0.29) is 11.5 Å². The Bertz CT molecular complexity index is 656. The Kier molecular flexibility index (Phi) is 4.05. The summed E-state index contributed by atoms with van der Waals surface area (Å²) >= 11 is 1.52. The first-order valence-electron chi connectivity index (χ1n) is 5.99. The Morgan fingerprint density at radius 1 is 1.37 bits per heavy atom. The summed E-state index contributed by atoms with van der Waals surface area (Å²) in [4.78, 5) is 4.36. The molecule has 19 heavy (non-hydrogen) atoms. The molecule has 0 radical (unpaired) electrons. The van der Waals surface area contributed by atoms with E-state index in [0.29, 0.717) is 17.3 Å². The zero-order valence-electron chi connectivity index (χ0n) is 11.2. The maximum absolute atomic E-state index is 12.1. The summed E-state index contributed by atoms with van der Waals surface area (Å²) in [6, 6.07) is 1.72. The summed E-state index contributed by atoms with van der Waals surface area (Å²) in [5.74, 6) is 0.318. The molecule has 0 aliphatic heterocycles. The fraction of sp³-hybridized carbons (Fsp3) is 0.500. The number of aryl methyl sites for hydroxylation is 1. The van der Waals surface area contributed by atoms with E-state index in [1.807, 2.05) is 19.2 Å². The Morgan fingerprint density at radius 2 is 2.11 bits per heavy atom. The van der Waals surface area contributed by atoms with Crippen molar-refractivity contribution in [3.63, 3.8) is 0 Å². The summed E-state index contributed by atoms with van der Waals surface area (Å²) in [6.45, 7) is 4.10. The highest BCUT2D eigenvalue weighted by Gasteiger charge is 2.17. The molecule has 0 saturated carbocycles. The summed E-state index contributed by atoms with van der Waals surface area (Å²) in [5, 5.41) is 6.78. The second-order valence-corrected chi connectivity index (χ2v) is 7.76. The molecule has 0 spiro atoms. The van der Waals surface area contributed by atoms with Crippen LogP contribution in [0.4, 0.5) is 0 Å². The van der Waals surface area contributed by atoms with Gasteiger partial charge in [0.05, 0.1) is 27.9 Å². The van der Waals surface area contributed by atoms with Crippen molar-refractivity contribution in [3.8, 4) is 0 Å². The van der Waals surface area contributed by atoms with Gasteiger partial charge in [-0.3, -0.25) is 4.68 Å². The average Bonchev–Trinajstić information content (AvgIpc) is 2.88. The van der Waals surface area contributed by atoms with E-state index in [9.17, 15) is 8.42 Å². The highest BCUT2D eigenvalue weighted by atomic mass is 32.2. The molecular formula is C12H17N3O2S2. The number of sulfone groups is 1. The van der Waals surface area contributed by atoms with Crippen molar-refractivity contribution >= 4 is 21.2 Å². The van der Waals surface area contributed by atoms with E-state index in [4.69, 9.17) is 0 Å². The molecule has 0 atom stereocenters. The average molecular weight is 299 g/mol. The SMILES string of the molecule is CC(C)c1nc(CS(=O)(=O)Cc2ccnn2C)cs1. The minimum absolute atomic E-state index is 0.00195. The molecule has 104 valence electrons. The Morgan fingerprint density at radius 3 is 2.63 bits per heavy atom. The molecule has 2 aromatic heterocycles. The zero-order valence-corrected chi connectivity index (χ0v) is 12.8. The second-order valence-electron chi connectivity index (χ2n) is 4.81. The molecule has 0 amide bonds. The van der Waals surface area contributed by atoms with Gasteiger partial charge in [0.25, 0.3) is 0 Å². The maximum atomic E-state index is 12.1. The lowest BCUT2D eigenvalue weighted by Gasteiger charge is -2.03. The predicted molar refractivity (Wildman–Crippen MR) is 75.7 cm³/mol. The molecule has 0 saturated heterocycles. The van der Waals surface area contributed by atoms with Crippen molar-refractivity contribution in [1.29, 1.82) is 0 Å². The molecule has 2 heterocycles. The van der Waals surface area contributed by atoms with E-state index >= 15 is 0 Å². The molecule has 0 aliphatic rings. The lowest BCUT2D eigenvalue weighted by Crippen LogP contribution is -2.11. The molecule has 0 fully saturated rings. The van der Waals surface area contributed by atoms with Crippen LogP contribution in [0.1, 0.15) is 36.2 Å². The van der Waals surface area contributed by atoms with Crippen LogP contribution in [0.5, 0.6) is 0 Å². The van der Waals surface area contributed by atoms with Crippen molar-refractivity contribution in [2.24, 2.45) is 7.05 Å².